The second kappa shape index (κ2) is 6.05. The maximum Gasteiger partial charge on any atom is 0.116 e. The SMILES string of the molecule is CCCNCc1cnc(CSC)[nH]1. The molecule has 2 N–H and O–H groups in total. The van der Waals surface area contributed by atoms with Gasteiger partial charge in [-0.15, -0.1) is 0 Å². The quantitative estimate of drug-likeness (QED) is 0.686. The highest BCUT2D eigenvalue weighted by Gasteiger charge is 1.98. The fraction of sp³-hybridized carbons (Fsp3) is 0.667. The Morgan fingerprint density at radius 2 is 2.46 bits per heavy atom. The number of aromatic nitrogens is 2. The van der Waals surface area contributed by atoms with Gasteiger partial charge in [0.25, 0.3) is 0 Å². The summed E-state index contributed by atoms with van der Waals surface area (Å²) in [7, 11) is 0. The molecule has 1 aromatic heterocycles. The highest BCUT2D eigenvalue weighted by molar-refractivity contribution is 7.97. The summed E-state index contributed by atoms with van der Waals surface area (Å²) in [6.07, 6.45) is 5.16. The minimum absolute atomic E-state index is 0.898. The van der Waals surface area contributed by atoms with Crippen LogP contribution in [0.5, 0.6) is 0 Å². The molecule has 0 bridgehead atoms. The molecule has 0 aromatic carbocycles. The van der Waals surface area contributed by atoms with Crippen molar-refractivity contribution in [3.8, 4) is 0 Å². The maximum atomic E-state index is 4.27. The average molecular weight is 199 g/mol. The van der Waals surface area contributed by atoms with Gasteiger partial charge in [0.05, 0.1) is 5.75 Å². The van der Waals surface area contributed by atoms with Crippen LogP contribution in [0.1, 0.15) is 24.9 Å². The number of hydrogen-bond acceptors (Lipinski definition) is 3. The van der Waals surface area contributed by atoms with Crippen molar-refractivity contribution < 1.29 is 0 Å². The number of imidazole rings is 1. The van der Waals surface area contributed by atoms with Crippen LogP contribution in [-0.4, -0.2) is 22.8 Å². The molecular formula is C9H17N3S. The summed E-state index contributed by atoms with van der Waals surface area (Å²) in [5, 5.41) is 3.33. The molecule has 4 heteroatoms. The number of hydrogen-bond donors (Lipinski definition) is 2. The van der Waals surface area contributed by atoms with E-state index in [0.29, 0.717) is 0 Å². The lowest BCUT2D eigenvalue weighted by molar-refractivity contribution is 0.666. The van der Waals surface area contributed by atoms with E-state index in [4.69, 9.17) is 0 Å². The van der Waals surface area contributed by atoms with Crippen molar-refractivity contribution in [3.05, 3.63) is 17.7 Å². The lowest BCUT2D eigenvalue weighted by atomic mass is 10.4. The molecule has 0 radical (unpaired) electrons. The molecule has 1 heterocycles. The summed E-state index contributed by atoms with van der Waals surface area (Å²) in [6, 6.07) is 0. The summed E-state index contributed by atoms with van der Waals surface area (Å²) < 4.78 is 0. The van der Waals surface area contributed by atoms with Gasteiger partial charge < -0.3 is 10.3 Å². The third-order valence-corrected chi connectivity index (χ3v) is 2.27. The molecule has 0 unspecified atom stereocenters. The van der Waals surface area contributed by atoms with Crippen molar-refractivity contribution in [2.45, 2.75) is 25.6 Å². The Balaban J connectivity index is 2.31. The highest BCUT2D eigenvalue weighted by Crippen LogP contribution is 2.04. The molecule has 0 aliphatic rings. The Morgan fingerprint density at radius 3 is 3.15 bits per heavy atom. The molecule has 74 valence electrons. The van der Waals surface area contributed by atoms with Crippen molar-refractivity contribution >= 4 is 11.8 Å². The molecule has 1 aromatic rings. The molecule has 1 rings (SSSR count). The Bertz CT molecular complexity index is 235. The molecule has 0 atom stereocenters. The highest BCUT2D eigenvalue weighted by atomic mass is 32.2. The smallest absolute Gasteiger partial charge is 0.116 e. The Hall–Kier alpha value is -0.480. The zero-order chi connectivity index (χ0) is 9.52. The monoisotopic (exact) mass is 199 g/mol. The number of nitrogens with zero attached hydrogens (tertiary/aromatic N) is 1. The van der Waals surface area contributed by atoms with E-state index in [0.717, 1.165) is 24.7 Å². The second-order valence-electron chi connectivity index (χ2n) is 2.96. The summed E-state index contributed by atoms with van der Waals surface area (Å²) in [6.45, 7) is 4.13. The van der Waals surface area contributed by atoms with Crippen LogP contribution in [0.3, 0.4) is 0 Å². The molecule has 0 fully saturated rings. The number of H-pyrrole nitrogens is 1. The first-order valence-electron chi connectivity index (χ1n) is 4.59. The van der Waals surface area contributed by atoms with Crippen molar-refractivity contribution in [1.29, 1.82) is 0 Å². The van der Waals surface area contributed by atoms with Crippen LogP contribution < -0.4 is 5.32 Å². The Labute approximate surface area is 83.7 Å². The van der Waals surface area contributed by atoms with E-state index < -0.39 is 0 Å². The molecule has 0 aliphatic carbocycles. The van der Waals surface area contributed by atoms with Crippen LogP contribution in [0, 0.1) is 0 Å². The van der Waals surface area contributed by atoms with Crippen LogP contribution >= 0.6 is 11.8 Å². The molecule has 0 spiro atoms. The molecule has 13 heavy (non-hydrogen) atoms. The van der Waals surface area contributed by atoms with E-state index in [9.17, 15) is 0 Å². The first-order chi connectivity index (χ1) is 6.36. The van der Waals surface area contributed by atoms with Gasteiger partial charge in [-0.25, -0.2) is 4.98 Å². The number of aromatic amines is 1. The van der Waals surface area contributed by atoms with Crippen LogP contribution in [0.25, 0.3) is 0 Å². The van der Waals surface area contributed by atoms with Crippen molar-refractivity contribution in [1.82, 2.24) is 15.3 Å². The van der Waals surface area contributed by atoms with E-state index in [1.165, 1.54) is 12.1 Å². The maximum absolute atomic E-state index is 4.27. The number of thioether (sulfide) groups is 1. The molecule has 0 saturated heterocycles. The van der Waals surface area contributed by atoms with Crippen molar-refractivity contribution in [3.63, 3.8) is 0 Å². The van der Waals surface area contributed by atoms with Crippen LogP contribution in [-0.2, 0) is 12.3 Å². The first kappa shape index (κ1) is 10.6. The van der Waals surface area contributed by atoms with E-state index in [-0.39, 0.29) is 0 Å². The number of rotatable bonds is 6. The predicted molar refractivity (Wildman–Crippen MR) is 57.8 cm³/mol. The van der Waals surface area contributed by atoms with E-state index in [2.05, 4.69) is 28.5 Å². The summed E-state index contributed by atoms with van der Waals surface area (Å²) >= 11 is 1.78. The van der Waals surface area contributed by atoms with E-state index >= 15 is 0 Å². The third kappa shape index (κ3) is 3.83. The molecule has 0 saturated carbocycles. The van der Waals surface area contributed by atoms with Crippen molar-refractivity contribution in [2.24, 2.45) is 0 Å². The van der Waals surface area contributed by atoms with Gasteiger partial charge in [0.15, 0.2) is 0 Å². The summed E-state index contributed by atoms with van der Waals surface area (Å²) in [5.74, 6) is 2.04. The summed E-state index contributed by atoms with van der Waals surface area (Å²) in [4.78, 5) is 7.55. The lowest BCUT2D eigenvalue weighted by Crippen LogP contribution is -2.13. The lowest BCUT2D eigenvalue weighted by Gasteiger charge is -1.98. The van der Waals surface area contributed by atoms with Crippen molar-refractivity contribution in [2.75, 3.05) is 12.8 Å². The van der Waals surface area contributed by atoms with Crippen LogP contribution in [0.2, 0.25) is 0 Å². The first-order valence-corrected chi connectivity index (χ1v) is 5.98. The fourth-order valence-electron chi connectivity index (χ4n) is 1.11. The van der Waals surface area contributed by atoms with Gasteiger partial charge >= 0.3 is 0 Å². The molecule has 3 nitrogen and oxygen atoms in total. The minimum Gasteiger partial charge on any atom is -0.344 e. The fourth-order valence-corrected chi connectivity index (χ4v) is 1.53. The van der Waals surface area contributed by atoms with Gasteiger partial charge in [0.2, 0.25) is 0 Å². The normalized spacial score (nSPS) is 10.6. The molecular weight excluding hydrogens is 182 g/mol. The van der Waals surface area contributed by atoms with Gasteiger partial charge in [0, 0.05) is 18.4 Å². The van der Waals surface area contributed by atoms with Gasteiger partial charge in [-0.3, -0.25) is 0 Å². The second-order valence-corrected chi connectivity index (χ2v) is 3.83. The average Bonchev–Trinajstić information content (AvgIpc) is 2.54. The molecule has 0 amide bonds. The summed E-state index contributed by atoms with van der Waals surface area (Å²) in [5.41, 5.74) is 1.18. The Morgan fingerprint density at radius 1 is 1.62 bits per heavy atom. The standard InChI is InChI=1S/C9H17N3S/c1-3-4-10-5-8-6-11-9(12-8)7-13-2/h6,10H,3-5,7H2,1-2H3,(H,11,12). The third-order valence-electron chi connectivity index (χ3n) is 1.70. The minimum atomic E-state index is 0.898. The zero-order valence-corrected chi connectivity index (χ0v) is 9.08. The Kier molecular flexibility index (Phi) is 4.93. The van der Waals surface area contributed by atoms with E-state index in [1.54, 1.807) is 11.8 Å². The van der Waals surface area contributed by atoms with Gasteiger partial charge in [0.1, 0.15) is 5.82 Å². The zero-order valence-electron chi connectivity index (χ0n) is 8.26. The van der Waals surface area contributed by atoms with Crippen LogP contribution in [0.15, 0.2) is 6.20 Å². The topological polar surface area (TPSA) is 40.7 Å². The molecule has 0 aliphatic heterocycles. The van der Waals surface area contributed by atoms with Gasteiger partial charge in [-0.05, 0) is 19.2 Å². The van der Waals surface area contributed by atoms with Gasteiger partial charge in [-0.2, -0.15) is 11.8 Å². The van der Waals surface area contributed by atoms with Crippen LogP contribution in [0.4, 0.5) is 0 Å². The number of nitrogens with one attached hydrogen (secondary N) is 2. The van der Waals surface area contributed by atoms with Gasteiger partial charge in [-0.1, -0.05) is 6.92 Å². The predicted octanol–water partition coefficient (Wildman–Crippen LogP) is 1.77. The van der Waals surface area contributed by atoms with E-state index in [1.807, 2.05) is 6.20 Å². The largest absolute Gasteiger partial charge is 0.344 e.